The smallest absolute Gasteiger partial charge is 0.350 e. The lowest BCUT2D eigenvalue weighted by Gasteiger charge is -2.43. The Hall–Kier alpha value is -2.92. The highest BCUT2D eigenvalue weighted by Crippen LogP contribution is 2.40. The second kappa shape index (κ2) is 7.65. The Labute approximate surface area is 178 Å². The van der Waals surface area contributed by atoms with Gasteiger partial charge in [-0.3, -0.25) is 4.90 Å². The Kier molecular flexibility index (Phi) is 4.94. The maximum atomic E-state index is 13.8. The van der Waals surface area contributed by atoms with E-state index in [2.05, 4.69) is 26.3 Å². The average Bonchev–Trinajstić information content (AvgIpc) is 3.39. The standard InChI is InChI=1S/C23H22F3N5/c24-23(25,26)18-13-28-22(29-19-7-8-20(19)31-9-1-2-10-31)30-21(18)17-6-4-15-11-14(12-27)3-5-16(15)17/h3,5-6,11,13,19-20H,1-2,4,7-10H2,(H,28,29,30)/t19-,20-/m1/s1. The third kappa shape index (κ3) is 3.68. The number of rotatable bonds is 4. The normalized spacial score (nSPS) is 23.1. The fourth-order valence-corrected chi connectivity index (χ4v) is 4.83. The van der Waals surface area contributed by atoms with Crippen LogP contribution in [0.15, 0.2) is 30.5 Å². The summed E-state index contributed by atoms with van der Waals surface area (Å²) in [5.41, 5.74) is 1.52. The van der Waals surface area contributed by atoms with Crippen LogP contribution in [0.1, 0.15) is 53.6 Å². The number of fused-ring (bicyclic) bond motifs is 1. The van der Waals surface area contributed by atoms with Crippen LogP contribution in [-0.2, 0) is 12.6 Å². The van der Waals surface area contributed by atoms with Crippen molar-refractivity contribution in [1.82, 2.24) is 14.9 Å². The monoisotopic (exact) mass is 425 g/mol. The second-order valence-corrected chi connectivity index (χ2v) is 8.40. The number of anilines is 1. The number of nitrogens with one attached hydrogen (secondary N) is 1. The molecule has 2 atom stereocenters. The predicted octanol–water partition coefficient (Wildman–Crippen LogP) is 4.39. The highest BCUT2D eigenvalue weighted by atomic mass is 19.4. The fraction of sp³-hybridized carbons (Fsp3) is 0.435. The molecule has 5 nitrogen and oxygen atoms in total. The van der Waals surface area contributed by atoms with Gasteiger partial charge in [-0.1, -0.05) is 12.1 Å². The van der Waals surface area contributed by atoms with Crippen molar-refractivity contribution in [1.29, 1.82) is 5.26 Å². The number of allylic oxidation sites excluding steroid dienone is 1. The predicted molar refractivity (Wildman–Crippen MR) is 110 cm³/mol. The minimum atomic E-state index is -4.56. The number of nitrogens with zero attached hydrogens (tertiary/aromatic N) is 4. The Balaban J connectivity index is 1.46. The van der Waals surface area contributed by atoms with Crippen molar-refractivity contribution in [3.8, 4) is 6.07 Å². The quantitative estimate of drug-likeness (QED) is 0.787. The minimum Gasteiger partial charge on any atom is -0.350 e. The summed E-state index contributed by atoms with van der Waals surface area (Å²) in [6.45, 7) is 2.16. The molecule has 1 aliphatic heterocycles. The van der Waals surface area contributed by atoms with E-state index in [0.29, 0.717) is 29.2 Å². The highest BCUT2D eigenvalue weighted by Gasteiger charge is 2.39. The number of nitriles is 1. The van der Waals surface area contributed by atoms with Crippen molar-refractivity contribution in [2.45, 2.75) is 50.4 Å². The molecule has 0 bridgehead atoms. The van der Waals surface area contributed by atoms with Crippen LogP contribution in [0.5, 0.6) is 0 Å². The van der Waals surface area contributed by atoms with Crippen LogP contribution < -0.4 is 5.32 Å². The molecule has 31 heavy (non-hydrogen) atoms. The maximum absolute atomic E-state index is 13.8. The molecule has 2 heterocycles. The molecule has 2 aliphatic carbocycles. The van der Waals surface area contributed by atoms with E-state index < -0.39 is 11.7 Å². The van der Waals surface area contributed by atoms with Gasteiger partial charge in [-0.2, -0.15) is 18.4 Å². The van der Waals surface area contributed by atoms with Gasteiger partial charge in [0.2, 0.25) is 5.95 Å². The largest absolute Gasteiger partial charge is 0.419 e. The molecule has 8 heteroatoms. The average molecular weight is 425 g/mol. The number of hydrogen-bond donors (Lipinski definition) is 1. The van der Waals surface area contributed by atoms with E-state index in [1.54, 1.807) is 24.3 Å². The Morgan fingerprint density at radius 3 is 2.65 bits per heavy atom. The molecular formula is C23H22F3N5. The molecule has 5 rings (SSSR count). The zero-order chi connectivity index (χ0) is 21.6. The number of likely N-dealkylation sites (tertiary alicyclic amines) is 1. The van der Waals surface area contributed by atoms with Crippen molar-refractivity contribution in [2.24, 2.45) is 0 Å². The van der Waals surface area contributed by atoms with E-state index in [-0.39, 0.29) is 17.7 Å². The SMILES string of the molecule is N#Cc1ccc2c(c1)CC=C2c1nc(N[C@@H]2CC[C@H]2N2CCCC2)ncc1C(F)(F)F. The van der Waals surface area contributed by atoms with Gasteiger partial charge in [0.25, 0.3) is 0 Å². The van der Waals surface area contributed by atoms with E-state index in [9.17, 15) is 13.2 Å². The summed E-state index contributed by atoms with van der Waals surface area (Å²) in [5, 5.41) is 12.4. The van der Waals surface area contributed by atoms with Crippen molar-refractivity contribution in [3.63, 3.8) is 0 Å². The van der Waals surface area contributed by atoms with Gasteiger partial charge in [-0.05, 0) is 68.5 Å². The van der Waals surface area contributed by atoms with E-state index in [0.717, 1.165) is 37.7 Å². The molecular weight excluding hydrogens is 403 g/mol. The minimum absolute atomic E-state index is 0.106. The molecule has 1 aromatic carbocycles. The number of halogens is 3. The van der Waals surface area contributed by atoms with Crippen LogP contribution in [0.25, 0.3) is 5.57 Å². The molecule has 160 valence electrons. The molecule has 1 saturated heterocycles. The van der Waals surface area contributed by atoms with Crippen LogP contribution in [0, 0.1) is 11.3 Å². The summed E-state index contributed by atoms with van der Waals surface area (Å²) in [5.74, 6) is 0.236. The Bertz CT molecular complexity index is 1080. The van der Waals surface area contributed by atoms with Crippen molar-refractivity contribution in [2.75, 3.05) is 18.4 Å². The second-order valence-electron chi connectivity index (χ2n) is 8.40. The lowest BCUT2D eigenvalue weighted by atomic mass is 9.85. The summed E-state index contributed by atoms with van der Waals surface area (Å²) >= 11 is 0. The molecule has 1 aromatic heterocycles. The highest BCUT2D eigenvalue weighted by molar-refractivity contribution is 5.85. The molecule has 0 amide bonds. The van der Waals surface area contributed by atoms with E-state index in [1.807, 2.05) is 0 Å². The van der Waals surface area contributed by atoms with Gasteiger partial charge < -0.3 is 5.32 Å². The van der Waals surface area contributed by atoms with Crippen molar-refractivity contribution >= 4 is 11.5 Å². The molecule has 1 N–H and O–H groups in total. The van der Waals surface area contributed by atoms with E-state index in [1.165, 1.54) is 12.8 Å². The van der Waals surface area contributed by atoms with Gasteiger partial charge in [-0.15, -0.1) is 0 Å². The van der Waals surface area contributed by atoms with Crippen LogP contribution >= 0.6 is 0 Å². The summed E-state index contributed by atoms with van der Waals surface area (Å²) in [4.78, 5) is 10.8. The van der Waals surface area contributed by atoms with Gasteiger partial charge in [-0.25, -0.2) is 9.97 Å². The Morgan fingerprint density at radius 2 is 1.97 bits per heavy atom. The number of hydrogen-bond acceptors (Lipinski definition) is 5. The lowest BCUT2D eigenvalue weighted by molar-refractivity contribution is -0.138. The van der Waals surface area contributed by atoms with E-state index >= 15 is 0 Å². The zero-order valence-electron chi connectivity index (χ0n) is 16.9. The van der Waals surface area contributed by atoms with Gasteiger partial charge in [0.15, 0.2) is 0 Å². The number of benzene rings is 1. The molecule has 0 unspecified atom stereocenters. The van der Waals surface area contributed by atoms with E-state index in [4.69, 9.17) is 5.26 Å². The number of aromatic nitrogens is 2. The summed E-state index contributed by atoms with van der Waals surface area (Å²) < 4.78 is 41.3. The maximum Gasteiger partial charge on any atom is 0.419 e. The van der Waals surface area contributed by atoms with Crippen LogP contribution in [0.4, 0.5) is 19.1 Å². The first kappa shape index (κ1) is 20.0. The first-order valence-corrected chi connectivity index (χ1v) is 10.6. The van der Waals surface area contributed by atoms with Gasteiger partial charge in [0, 0.05) is 23.9 Å². The van der Waals surface area contributed by atoms with Gasteiger partial charge in [0.1, 0.15) is 5.56 Å². The molecule has 1 saturated carbocycles. The fourth-order valence-electron chi connectivity index (χ4n) is 4.83. The number of alkyl halides is 3. The first-order valence-electron chi connectivity index (χ1n) is 10.6. The van der Waals surface area contributed by atoms with Crippen molar-refractivity contribution in [3.05, 3.63) is 58.4 Å². The first-order chi connectivity index (χ1) is 14.9. The van der Waals surface area contributed by atoms with Crippen LogP contribution in [-0.4, -0.2) is 40.0 Å². The van der Waals surface area contributed by atoms with Crippen LogP contribution in [0.3, 0.4) is 0 Å². The molecule has 0 spiro atoms. The summed E-state index contributed by atoms with van der Waals surface area (Å²) in [6.07, 6.45) is 3.01. The van der Waals surface area contributed by atoms with Crippen molar-refractivity contribution < 1.29 is 13.2 Å². The topological polar surface area (TPSA) is 64.8 Å². The van der Waals surface area contributed by atoms with Gasteiger partial charge >= 0.3 is 6.18 Å². The molecule has 0 radical (unpaired) electrons. The Morgan fingerprint density at radius 1 is 1.16 bits per heavy atom. The third-order valence-electron chi connectivity index (χ3n) is 6.56. The lowest BCUT2D eigenvalue weighted by Crippen LogP contribution is -2.53. The summed E-state index contributed by atoms with van der Waals surface area (Å²) in [6, 6.07) is 7.68. The third-order valence-corrected chi connectivity index (χ3v) is 6.56. The molecule has 2 aromatic rings. The summed E-state index contributed by atoms with van der Waals surface area (Å²) in [7, 11) is 0. The van der Waals surface area contributed by atoms with Crippen LogP contribution in [0.2, 0.25) is 0 Å². The van der Waals surface area contributed by atoms with Gasteiger partial charge in [0.05, 0.1) is 17.3 Å². The molecule has 2 fully saturated rings. The molecule has 3 aliphatic rings. The zero-order valence-corrected chi connectivity index (χ0v) is 16.9.